The fourth-order valence-corrected chi connectivity index (χ4v) is 6.19. The van der Waals surface area contributed by atoms with Crippen molar-refractivity contribution < 1.29 is 23.7 Å². The van der Waals surface area contributed by atoms with E-state index in [9.17, 15) is 4.79 Å². The average molecular weight is 569 g/mol. The van der Waals surface area contributed by atoms with Crippen molar-refractivity contribution in [1.29, 1.82) is 0 Å². The highest BCUT2D eigenvalue weighted by Crippen LogP contribution is 2.44. The molecule has 0 bridgehead atoms. The van der Waals surface area contributed by atoms with Gasteiger partial charge in [0.25, 0.3) is 0 Å². The first-order valence-electron chi connectivity index (χ1n) is 15.0. The smallest absolute Gasteiger partial charge is 0.357 e. The molecule has 0 amide bonds. The Morgan fingerprint density at radius 3 is 2.60 bits per heavy atom. The number of carbonyl (C=O) groups excluding carboxylic acids is 1. The number of aromatic nitrogens is 3. The highest BCUT2D eigenvalue weighted by atomic mass is 16.6. The predicted octanol–water partition coefficient (Wildman–Crippen LogP) is 5.29. The summed E-state index contributed by atoms with van der Waals surface area (Å²) in [5.41, 5.74) is 4.17. The summed E-state index contributed by atoms with van der Waals surface area (Å²) in [7, 11) is 0. The first-order valence-corrected chi connectivity index (χ1v) is 15.0. The number of pyridine rings is 1. The number of para-hydroxylation sites is 1. The minimum absolute atomic E-state index is 0.0942. The van der Waals surface area contributed by atoms with Crippen LogP contribution in [0.3, 0.4) is 0 Å². The van der Waals surface area contributed by atoms with E-state index in [0.29, 0.717) is 37.0 Å². The molecule has 2 saturated heterocycles. The molecule has 2 fully saturated rings. The number of rotatable bonds is 8. The van der Waals surface area contributed by atoms with E-state index in [2.05, 4.69) is 38.7 Å². The number of hydrogen-bond acceptors (Lipinski definition) is 8. The van der Waals surface area contributed by atoms with Crippen LogP contribution < -0.4 is 9.47 Å². The number of hydrogen-bond donors (Lipinski definition) is 0. The summed E-state index contributed by atoms with van der Waals surface area (Å²) >= 11 is 0. The summed E-state index contributed by atoms with van der Waals surface area (Å²) in [6, 6.07) is 20.1. The molecule has 0 N–H and O–H groups in total. The van der Waals surface area contributed by atoms with Gasteiger partial charge in [0, 0.05) is 12.2 Å². The minimum atomic E-state index is -0.413. The van der Waals surface area contributed by atoms with Crippen LogP contribution in [-0.4, -0.2) is 64.4 Å². The maximum atomic E-state index is 12.4. The monoisotopic (exact) mass is 568 g/mol. The van der Waals surface area contributed by atoms with Gasteiger partial charge in [0.05, 0.1) is 25.8 Å². The van der Waals surface area contributed by atoms with Crippen molar-refractivity contribution in [2.45, 2.75) is 57.4 Å². The first kappa shape index (κ1) is 26.9. The molecule has 2 atom stereocenters. The number of likely N-dealkylation sites (tertiary alicyclic amines) is 1. The van der Waals surface area contributed by atoms with Crippen LogP contribution >= 0.6 is 0 Å². The summed E-state index contributed by atoms with van der Waals surface area (Å²) in [4.78, 5) is 24.4. The molecule has 0 aliphatic carbocycles. The van der Waals surface area contributed by atoms with Crippen molar-refractivity contribution in [3.63, 3.8) is 0 Å². The summed E-state index contributed by atoms with van der Waals surface area (Å²) in [5.74, 6) is 2.67. The van der Waals surface area contributed by atoms with Gasteiger partial charge < -0.3 is 23.5 Å². The topological polar surface area (TPSA) is 87.9 Å². The second-order valence-corrected chi connectivity index (χ2v) is 11.2. The number of carbonyl (C=O) groups is 1. The number of benzene rings is 2. The number of ether oxygens (including phenoxy) is 4. The molecular weight excluding hydrogens is 532 g/mol. The summed E-state index contributed by atoms with van der Waals surface area (Å²) in [5, 5.41) is 0. The lowest BCUT2D eigenvalue weighted by Gasteiger charge is -2.35. The molecule has 3 aliphatic heterocycles. The van der Waals surface area contributed by atoms with Crippen molar-refractivity contribution in [2.24, 2.45) is 0 Å². The first-order chi connectivity index (χ1) is 20.7. The van der Waals surface area contributed by atoms with E-state index in [-0.39, 0.29) is 12.2 Å². The zero-order valence-corrected chi connectivity index (χ0v) is 23.9. The van der Waals surface area contributed by atoms with E-state index in [1.807, 2.05) is 30.3 Å². The van der Waals surface area contributed by atoms with Crippen molar-refractivity contribution in [1.82, 2.24) is 19.4 Å². The van der Waals surface area contributed by atoms with E-state index in [1.165, 1.54) is 5.56 Å². The highest BCUT2D eigenvalue weighted by molar-refractivity contribution is 5.89. The Kier molecular flexibility index (Phi) is 7.52. The molecule has 2 aromatic heterocycles. The fraction of sp³-hybridized carbons (Fsp3) is 0.424. The third kappa shape index (κ3) is 5.34. The van der Waals surface area contributed by atoms with Crippen molar-refractivity contribution in [3.8, 4) is 11.5 Å². The molecule has 9 nitrogen and oxygen atoms in total. The van der Waals surface area contributed by atoms with Gasteiger partial charge in [-0.25, -0.2) is 14.8 Å². The average Bonchev–Trinajstić information content (AvgIpc) is 3.35. The number of nitrogens with zero attached hydrogens (tertiary/aromatic N) is 4. The standard InChI is InChI=1S/C33H36N4O5/c1-2-39-33(38)27-12-11-26-32(35-27)37(19-24-15-18-40-24)30(34-26)20-36-16-13-22(14-17-36)25-9-6-10-28-31(25)41-21-29(42-28)23-7-4-3-5-8-23/h3-12,22,24,29H,2,13-21H2,1H3/t24-,29?/m0/s1. The lowest BCUT2D eigenvalue weighted by atomic mass is 9.88. The molecule has 4 aromatic rings. The number of imidazole rings is 1. The van der Waals surface area contributed by atoms with Gasteiger partial charge >= 0.3 is 5.97 Å². The molecule has 7 rings (SSSR count). The SMILES string of the molecule is CCOC(=O)c1ccc2nc(CN3CCC(c4cccc5c4OCC(c4ccccc4)O5)CC3)n(C[C@@H]3CCO3)c2n1. The van der Waals surface area contributed by atoms with Gasteiger partial charge in [-0.15, -0.1) is 0 Å². The molecule has 0 radical (unpaired) electrons. The molecule has 3 aliphatic rings. The van der Waals surface area contributed by atoms with Gasteiger partial charge in [0.2, 0.25) is 0 Å². The van der Waals surface area contributed by atoms with Crippen LogP contribution in [0.2, 0.25) is 0 Å². The van der Waals surface area contributed by atoms with Crippen LogP contribution in [0.4, 0.5) is 0 Å². The Bertz CT molecular complexity index is 1560. The van der Waals surface area contributed by atoms with Crippen molar-refractivity contribution in [2.75, 3.05) is 32.9 Å². The number of esters is 1. The van der Waals surface area contributed by atoms with Crippen molar-refractivity contribution >= 4 is 17.1 Å². The zero-order chi connectivity index (χ0) is 28.5. The second-order valence-electron chi connectivity index (χ2n) is 11.2. The normalized spacial score (nSPS) is 20.8. The lowest BCUT2D eigenvalue weighted by Crippen LogP contribution is -2.35. The van der Waals surface area contributed by atoms with E-state index in [1.54, 1.807) is 13.0 Å². The zero-order valence-electron chi connectivity index (χ0n) is 23.9. The Hall–Kier alpha value is -3.95. The summed E-state index contributed by atoms with van der Waals surface area (Å²) < 4.78 is 25.8. The summed E-state index contributed by atoms with van der Waals surface area (Å²) in [6.07, 6.45) is 3.12. The fourth-order valence-electron chi connectivity index (χ4n) is 6.19. The molecule has 9 heteroatoms. The number of piperidine rings is 1. The van der Waals surface area contributed by atoms with Crippen LogP contribution in [-0.2, 0) is 22.6 Å². The molecule has 42 heavy (non-hydrogen) atoms. The second kappa shape index (κ2) is 11.7. The van der Waals surface area contributed by atoms with Gasteiger partial charge in [0.15, 0.2) is 28.9 Å². The van der Waals surface area contributed by atoms with Gasteiger partial charge in [0.1, 0.15) is 17.9 Å². The molecule has 218 valence electrons. The summed E-state index contributed by atoms with van der Waals surface area (Å²) in [6.45, 7) is 6.71. The van der Waals surface area contributed by atoms with Gasteiger partial charge in [-0.2, -0.15) is 0 Å². The maximum absolute atomic E-state index is 12.4. The highest BCUT2D eigenvalue weighted by Gasteiger charge is 2.30. The molecule has 0 saturated carbocycles. The molecule has 1 unspecified atom stereocenters. The predicted molar refractivity (Wildman–Crippen MR) is 157 cm³/mol. The van der Waals surface area contributed by atoms with E-state index >= 15 is 0 Å². The Morgan fingerprint density at radius 1 is 1.00 bits per heavy atom. The minimum Gasteiger partial charge on any atom is -0.485 e. The van der Waals surface area contributed by atoms with E-state index in [0.717, 1.165) is 73.9 Å². The molecule has 5 heterocycles. The van der Waals surface area contributed by atoms with E-state index < -0.39 is 5.97 Å². The quantitative estimate of drug-likeness (QED) is 0.265. The van der Waals surface area contributed by atoms with Crippen molar-refractivity contribution in [3.05, 3.63) is 83.3 Å². The lowest BCUT2D eigenvalue weighted by molar-refractivity contribution is -0.0593. The molecule has 2 aromatic carbocycles. The Labute approximate surface area is 245 Å². The Morgan fingerprint density at radius 2 is 1.83 bits per heavy atom. The largest absolute Gasteiger partial charge is 0.485 e. The number of fused-ring (bicyclic) bond motifs is 2. The van der Waals surface area contributed by atoms with Crippen LogP contribution in [0.1, 0.15) is 65.6 Å². The van der Waals surface area contributed by atoms with Crippen LogP contribution in [0.15, 0.2) is 60.7 Å². The van der Waals surface area contributed by atoms with Gasteiger partial charge in [-0.3, -0.25) is 4.90 Å². The third-order valence-electron chi connectivity index (χ3n) is 8.56. The third-order valence-corrected chi connectivity index (χ3v) is 8.56. The van der Waals surface area contributed by atoms with Crippen LogP contribution in [0, 0.1) is 0 Å². The molecule has 0 spiro atoms. The van der Waals surface area contributed by atoms with Gasteiger partial charge in [-0.05, 0) is 69.0 Å². The van der Waals surface area contributed by atoms with Crippen LogP contribution in [0.5, 0.6) is 11.5 Å². The van der Waals surface area contributed by atoms with Crippen LogP contribution in [0.25, 0.3) is 11.2 Å². The maximum Gasteiger partial charge on any atom is 0.357 e. The Balaban J connectivity index is 1.05. The van der Waals surface area contributed by atoms with E-state index in [4.69, 9.17) is 23.9 Å². The molecular formula is C33H36N4O5. The van der Waals surface area contributed by atoms with Gasteiger partial charge in [-0.1, -0.05) is 42.5 Å².